The first-order valence-corrected chi connectivity index (χ1v) is 13.7. The average molecular weight is 521 g/mol. The number of allylic oxidation sites excluding steroid dienone is 1. The average Bonchev–Trinajstić information content (AvgIpc) is 3.20. The Kier molecular flexibility index (Phi) is 9.07. The Morgan fingerprint density at radius 3 is 2.62 bits per heavy atom. The van der Waals surface area contributed by atoms with Crippen molar-refractivity contribution >= 4 is 23.9 Å². The smallest absolute Gasteiger partial charge is 0.408 e. The third-order valence-corrected chi connectivity index (χ3v) is 7.94. The van der Waals surface area contributed by atoms with E-state index in [4.69, 9.17) is 20.2 Å². The summed E-state index contributed by atoms with van der Waals surface area (Å²) in [5.74, 6) is 3.97. The highest BCUT2D eigenvalue weighted by Crippen LogP contribution is 2.46. The van der Waals surface area contributed by atoms with Gasteiger partial charge in [0, 0.05) is 18.9 Å². The predicted molar refractivity (Wildman–Crippen MR) is 133 cm³/mol. The minimum Gasteiger partial charge on any atom is -0.464 e. The zero-order chi connectivity index (χ0) is 26.4. The molecule has 3 amide bonds. The van der Waals surface area contributed by atoms with Crippen LogP contribution in [0.2, 0.25) is 0 Å². The molecule has 1 unspecified atom stereocenters. The summed E-state index contributed by atoms with van der Waals surface area (Å²) in [5, 5.41) is 5.66. The van der Waals surface area contributed by atoms with Gasteiger partial charge in [0.1, 0.15) is 23.7 Å². The van der Waals surface area contributed by atoms with Gasteiger partial charge in [0.2, 0.25) is 11.8 Å². The largest absolute Gasteiger partial charge is 0.464 e. The number of amides is 3. The van der Waals surface area contributed by atoms with Crippen LogP contribution in [0.4, 0.5) is 4.79 Å². The number of hydrogen-bond donors (Lipinski definition) is 3. The first-order chi connectivity index (χ1) is 17.9. The van der Waals surface area contributed by atoms with Crippen LogP contribution in [0, 0.1) is 5.92 Å². The van der Waals surface area contributed by atoms with Crippen LogP contribution in [0.3, 0.4) is 0 Å². The van der Waals surface area contributed by atoms with Gasteiger partial charge in [0.05, 0.1) is 12.7 Å². The molecule has 2 heterocycles. The molecule has 2 aliphatic carbocycles. The zero-order valence-electron chi connectivity index (χ0n) is 21.6. The van der Waals surface area contributed by atoms with Gasteiger partial charge in [-0.3, -0.25) is 14.4 Å². The quantitative estimate of drug-likeness (QED) is 0.282. The van der Waals surface area contributed by atoms with Crippen LogP contribution >= 0.6 is 0 Å². The normalized spacial score (nSPS) is 33.8. The van der Waals surface area contributed by atoms with Crippen molar-refractivity contribution in [1.29, 1.82) is 0 Å². The highest BCUT2D eigenvalue weighted by atomic mass is 16.6. The van der Waals surface area contributed by atoms with E-state index in [2.05, 4.69) is 10.6 Å². The van der Waals surface area contributed by atoms with Gasteiger partial charge in [0.15, 0.2) is 0 Å². The topological polar surface area (TPSA) is 149 Å². The second-order valence-corrected chi connectivity index (χ2v) is 10.6. The van der Waals surface area contributed by atoms with Crippen LogP contribution in [-0.4, -0.2) is 71.8 Å². The number of nitrogens with zero attached hydrogens (tertiary/aromatic N) is 1. The Labute approximate surface area is 217 Å². The molecule has 206 valence electrons. The Morgan fingerprint density at radius 2 is 1.89 bits per heavy atom. The third kappa shape index (κ3) is 6.43. The predicted octanol–water partition coefficient (Wildman–Crippen LogP) is 1.84. The van der Waals surface area contributed by atoms with E-state index in [1.54, 1.807) is 6.92 Å². The Balaban J connectivity index is 1.54. The first-order valence-electron chi connectivity index (χ1n) is 13.7. The number of nitrogens with two attached hydrogens (primary N) is 1. The Bertz CT molecular complexity index is 890. The van der Waals surface area contributed by atoms with Gasteiger partial charge in [-0.2, -0.15) is 0 Å². The van der Waals surface area contributed by atoms with Crippen LogP contribution in [0.25, 0.3) is 0 Å². The fraction of sp³-hybridized carbons (Fsp3) is 0.769. The van der Waals surface area contributed by atoms with Gasteiger partial charge in [-0.25, -0.2) is 15.5 Å². The zero-order valence-corrected chi connectivity index (χ0v) is 21.6. The van der Waals surface area contributed by atoms with Crippen molar-refractivity contribution in [1.82, 2.24) is 15.5 Å². The standard InChI is InChI=1S/C26H40N4O7/c1-2-35-24(33)26-15-17(26)10-6-4-3-5-7-13-20(28-25(34)36-18-11-8-9-12-18)23(32)30-16-19(37-27)14-21(30)22(31)29-26/h6,10,17-21H,2-5,7-9,11-16,27H2,1H3,(H,28,34)(H,29,31)/b10-6-/t17-,19-,20+,21+,26?/m1/s1. The summed E-state index contributed by atoms with van der Waals surface area (Å²) >= 11 is 0. The van der Waals surface area contributed by atoms with E-state index < -0.39 is 41.7 Å². The maximum absolute atomic E-state index is 13.7. The molecule has 1 saturated heterocycles. The van der Waals surface area contributed by atoms with E-state index in [1.807, 2.05) is 12.2 Å². The molecule has 0 aromatic heterocycles. The van der Waals surface area contributed by atoms with Crippen molar-refractivity contribution in [2.45, 2.75) is 107 Å². The molecule has 2 saturated carbocycles. The molecule has 4 rings (SSSR count). The van der Waals surface area contributed by atoms with E-state index in [0.29, 0.717) is 12.8 Å². The molecular formula is C26H40N4O7. The molecule has 0 radical (unpaired) electrons. The molecule has 5 atom stereocenters. The summed E-state index contributed by atoms with van der Waals surface area (Å²) < 4.78 is 10.8. The number of fused-ring (bicyclic) bond motifs is 2. The summed E-state index contributed by atoms with van der Waals surface area (Å²) in [6.45, 7) is 2.04. The maximum Gasteiger partial charge on any atom is 0.408 e. The monoisotopic (exact) mass is 520 g/mol. The van der Waals surface area contributed by atoms with Crippen LogP contribution in [0.15, 0.2) is 12.2 Å². The van der Waals surface area contributed by atoms with Crippen LogP contribution in [0.5, 0.6) is 0 Å². The van der Waals surface area contributed by atoms with Gasteiger partial charge >= 0.3 is 12.1 Å². The molecule has 3 fully saturated rings. The number of rotatable bonds is 5. The summed E-state index contributed by atoms with van der Waals surface area (Å²) in [6, 6.07) is -1.73. The third-order valence-electron chi connectivity index (χ3n) is 7.94. The number of esters is 1. The fourth-order valence-corrected chi connectivity index (χ4v) is 5.74. The fourth-order valence-electron chi connectivity index (χ4n) is 5.74. The van der Waals surface area contributed by atoms with Crippen molar-refractivity contribution in [2.75, 3.05) is 13.2 Å². The number of nitrogens with one attached hydrogen (secondary N) is 2. The van der Waals surface area contributed by atoms with Crippen molar-refractivity contribution in [3.8, 4) is 0 Å². The molecule has 4 aliphatic rings. The van der Waals surface area contributed by atoms with E-state index in [9.17, 15) is 19.2 Å². The lowest BCUT2D eigenvalue weighted by molar-refractivity contribution is -0.150. The van der Waals surface area contributed by atoms with E-state index in [1.165, 1.54) is 4.90 Å². The van der Waals surface area contributed by atoms with Crippen LogP contribution in [-0.2, 0) is 28.7 Å². The van der Waals surface area contributed by atoms with Gasteiger partial charge in [-0.1, -0.05) is 25.0 Å². The van der Waals surface area contributed by atoms with Crippen LogP contribution in [0.1, 0.15) is 77.6 Å². The van der Waals surface area contributed by atoms with Gasteiger partial charge in [-0.05, 0) is 58.3 Å². The van der Waals surface area contributed by atoms with Crippen molar-refractivity contribution in [3.05, 3.63) is 12.2 Å². The summed E-state index contributed by atoms with van der Waals surface area (Å²) in [4.78, 5) is 59.1. The van der Waals surface area contributed by atoms with Crippen molar-refractivity contribution in [2.24, 2.45) is 11.8 Å². The van der Waals surface area contributed by atoms with Gasteiger partial charge in [0.25, 0.3) is 0 Å². The molecule has 0 aromatic carbocycles. The van der Waals surface area contributed by atoms with E-state index in [-0.39, 0.29) is 37.5 Å². The lowest BCUT2D eigenvalue weighted by Gasteiger charge is -2.29. The highest BCUT2D eigenvalue weighted by Gasteiger charge is 2.62. The SMILES string of the molecule is CCOC(=O)C12C[C@H]1/C=C\CCCCC[C@H](NC(=O)OC1CCCC1)C(=O)N1C[C@H](ON)C[C@H]1C(=O)N2. The molecule has 11 nitrogen and oxygen atoms in total. The Morgan fingerprint density at radius 1 is 1.14 bits per heavy atom. The summed E-state index contributed by atoms with van der Waals surface area (Å²) in [5.41, 5.74) is -1.14. The second kappa shape index (κ2) is 12.3. The Hall–Kier alpha value is -2.66. The number of alkyl carbamates (subject to hydrolysis) is 1. The molecule has 2 aliphatic heterocycles. The van der Waals surface area contributed by atoms with Crippen molar-refractivity contribution < 1.29 is 33.5 Å². The van der Waals surface area contributed by atoms with Gasteiger partial charge < -0.3 is 25.0 Å². The van der Waals surface area contributed by atoms with E-state index in [0.717, 1.165) is 51.4 Å². The maximum atomic E-state index is 13.7. The molecule has 4 N–H and O–H groups in total. The minimum atomic E-state index is -1.14. The number of carbonyl (C=O) groups excluding carboxylic acids is 4. The molecular weight excluding hydrogens is 480 g/mol. The lowest BCUT2D eigenvalue weighted by atomic mass is 10.0. The molecule has 37 heavy (non-hydrogen) atoms. The molecule has 0 bridgehead atoms. The molecule has 0 spiro atoms. The van der Waals surface area contributed by atoms with Crippen molar-refractivity contribution in [3.63, 3.8) is 0 Å². The second-order valence-electron chi connectivity index (χ2n) is 10.6. The lowest BCUT2D eigenvalue weighted by Crippen LogP contribution is -2.56. The number of hydrogen-bond acceptors (Lipinski definition) is 8. The number of carbonyl (C=O) groups is 4. The molecule has 0 aromatic rings. The van der Waals surface area contributed by atoms with E-state index >= 15 is 0 Å². The first kappa shape index (κ1) is 27.4. The van der Waals surface area contributed by atoms with Gasteiger partial charge in [-0.15, -0.1) is 0 Å². The summed E-state index contributed by atoms with van der Waals surface area (Å²) in [6.07, 6.45) is 10.8. The minimum absolute atomic E-state index is 0.110. The van der Waals surface area contributed by atoms with Crippen LogP contribution < -0.4 is 16.5 Å². The summed E-state index contributed by atoms with van der Waals surface area (Å²) in [7, 11) is 0. The molecule has 11 heteroatoms. The number of ether oxygens (including phenoxy) is 2. The highest BCUT2D eigenvalue weighted by molar-refractivity contribution is 5.96.